The SMILES string of the molecule is Cl.F.F.F.F.Fc1ccc(S)c(F)c1F. The Morgan fingerprint density at radius 2 is 1.20 bits per heavy atom. The highest BCUT2D eigenvalue weighted by molar-refractivity contribution is 7.80. The van der Waals surface area contributed by atoms with Crippen molar-refractivity contribution in [2.75, 3.05) is 0 Å². The van der Waals surface area contributed by atoms with Crippen molar-refractivity contribution in [1.29, 1.82) is 0 Å². The summed E-state index contributed by atoms with van der Waals surface area (Å²) in [6, 6.07) is 1.87. The van der Waals surface area contributed by atoms with E-state index in [1.807, 2.05) is 0 Å². The molecule has 0 nitrogen and oxygen atoms in total. The molecule has 1 aromatic rings. The normalized spacial score (nSPS) is 6.67. The van der Waals surface area contributed by atoms with E-state index in [2.05, 4.69) is 12.6 Å². The average molecular weight is 281 g/mol. The van der Waals surface area contributed by atoms with Crippen LogP contribution in [0.2, 0.25) is 0 Å². The van der Waals surface area contributed by atoms with E-state index in [9.17, 15) is 13.2 Å². The zero-order valence-corrected chi connectivity index (χ0v) is 8.49. The van der Waals surface area contributed by atoms with Crippen LogP contribution in [0.1, 0.15) is 0 Å². The monoisotopic (exact) mass is 280 g/mol. The Bertz CT molecular complexity index is 243. The maximum Gasteiger partial charge on any atom is 0.195 e. The second kappa shape index (κ2) is 11.4. The molecule has 0 aliphatic carbocycles. The van der Waals surface area contributed by atoms with E-state index >= 15 is 0 Å². The molecule has 9 heteroatoms. The zero-order valence-electron chi connectivity index (χ0n) is 6.78. The molecular formula is C6H8ClF7S. The van der Waals surface area contributed by atoms with Crippen molar-refractivity contribution in [2.24, 2.45) is 0 Å². The first-order chi connectivity index (χ1) is 4.63. The van der Waals surface area contributed by atoms with Crippen molar-refractivity contribution in [2.45, 2.75) is 4.90 Å². The van der Waals surface area contributed by atoms with Crippen LogP contribution in [0.4, 0.5) is 32.0 Å². The lowest BCUT2D eigenvalue weighted by molar-refractivity contribution is 0.435. The minimum atomic E-state index is -1.48. The van der Waals surface area contributed by atoms with Crippen LogP contribution in [0.5, 0.6) is 0 Å². The number of hydrogen-bond donors (Lipinski definition) is 1. The Kier molecular flexibility index (Phi) is 22.3. The van der Waals surface area contributed by atoms with Gasteiger partial charge in [0, 0.05) is 4.90 Å². The van der Waals surface area contributed by atoms with Crippen LogP contribution in [0.15, 0.2) is 17.0 Å². The van der Waals surface area contributed by atoms with Gasteiger partial charge in [-0.3, -0.25) is 18.8 Å². The molecule has 0 fully saturated rings. The van der Waals surface area contributed by atoms with E-state index in [0.717, 1.165) is 12.1 Å². The van der Waals surface area contributed by atoms with Gasteiger partial charge in [-0.05, 0) is 12.1 Å². The van der Waals surface area contributed by atoms with Gasteiger partial charge >= 0.3 is 0 Å². The smallest absolute Gasteiger partial charge is 0.195 e. The molecule has 0 amide bonds. The lowest BCUT2D eigenvalue weighted by Crippen LogP contribution is -1.90. The van der Waals surface area contributed by atoms with Crippen molar-refractivity contribution in [3.63, 3.8) is 0 Å². The predicted molar refractivity (Wildman–Crippen MR) is 50.8 cm³/mol. The Balaban J connectivity index is -0.0000000667. The molecule has 1 rings (SSSR count). The average Bonchev–Trinajstić information content (AvgIpc) is 1.93. The van der Waals surface area contributed by atoms with Crippen LogP contribution < -0.4 is 0 Å². The molecule has 0 aliphatic heterocycles. The second-order valence-electron chi connectivity index (χ2n) is 1.69. The third-order valence-corrected chi connectivity index (χ3v) is 1.36. The minimum Gasteiger partial charge on any atom is -0.269 e. The second-order valence-corrected chi connectivity index (χ2v) is 2.18. The van der Waals surface area contributed by atoms with E-state index in [0.29, 0.717) is 0 Å². The highest BCUT2D eigenvalue weighted by atomic mass is 35.5. The fourth-order valence-corrected chi connectivity index (χ4v) is 0.688. The van der Waals surface area contributed by atoms with E-state index in [1.165, 1.54) is 0 Å². The van der Waals surface area contributed by atoms with Crippen molar-refractivity contribution >= 4 is 25.0 Å². The van der Waals surface area contributed by atoms with Crippen LogP contribution in [-0.2, 0) is 0 Å². The summed E-state index contributed by atoms with van der Waals surface area (Å²) in [6.07, 6.45) is 0. The highest BCUT2D eigenvalue weighted by Crippen LogP contribution is 2.17. The molecule has 1 aromatic carbocycles. The van der Waals surface area contributed by atoms with E-state index in [1.54, 1.807) is 0 Å². The summed E-state index contributed by atoms with van der Waals surface area (Å²) >= 11 is 3.53. The standard InChI is InChI=1S/C6H3F3S.ClH.4FH/c7-3-1-2-4(10)6(9)5(3)8;;;;;/h1-2,10H;5*1H. The molecule has 0 saturated heterocycles. The number of rotatable bonds is 0. The third-order valence-electron chi connectivity index (χ3n) is 1.01. The molecule has 0 unspecified atom stereocenters. The highest BCUT2D eigenvalue weighted by Gasteiger charge is 2.09. The first-order valence-corrected chi connectivity index (χ1v) is 2.90. The van der Waals surface area contributed by atoms with E-state index in [-0.39, 0.29) is 36.1 Å². The van der Waals surface area contributed by atoms with Crippen LogP contribution in [-0.4, -0.2) is 0 Å². The van der Waals surface area contributed by atoms with Crippen LogP contribution >= 0.6 is 25.0 Å². The van der Waals surface area contributed by atoms with E-state index in [4.69, 9.17) is 0 Å². The number of thiol groups is 1. The topological polar surface area (TPSA) is 0 Å². The summed E-state index contributed by atoms with van der Waals surface area (Å²) < 4.78 is 36.6. The van der Waals surface area contributed by atoms with Crippen molar-refractivity contribution in [3.05, 3.63) is 29.6 Å². The fraction of sp³-hybridized carbons (Fsp3) is 0. The van der Waals surface area contributed by atoms with Gasteiger partial charge in [-0.2, -0.15) is 0 Å². The van der Waals surface area contributed by atoms with Gasteiger partial charge in [0.25, 0.3) is 0 Å². The Morgan fingerprint density at radius 1 is 0.800 bits per heavy atom. The fourth-order valence-electron chi connectivity index (χ4n) is 0.516. The summed E-state index contributed by atoms with van der Waals surface area (Å²) in [7, 11) is 0. The van der Waals surface area contributed by atoms with Gasteiger partial charge in [-0.15, -0.1) is 25.0 Å². The maximum atomic E-state index is 12.3. The molecule has 0 N–H and O–H groups in total. The molecule has 0 aromatic heterocycles. The maximum absolute atomic E-state index is 12.3. The van der Waals surface area contributed by atoms with Crippen LogP contribution in [0, 0.1) is 17.5 Å². The molecule has 0 spiro atoms. The van der Waals surface area contributed by atoms with Crippen LogP contribution in [0.25, 0.3) is 0 Å². The number of hydrogen-bond acceptors (Lipinski definition) is 1. The van der Waals surface area contributed by atoms with Crippen molar-refractivity contribution < 1.29 is 32.0 Å². The minimum absolute atomic E-state index is 0. The molecule has 0 atom stereocenters. The molecule has 0 aliphatic rings. The van der Waals surface area contributed by atoms with Gasteiger partial charge in [0.2, 0.25) is 0 Å². The van der Waals surface area contributed by atoms with E-state index < -0.39 is 17.5 Å². The summed E-state index contributed by atoms with van der Waals surface area (Å²) in [6.45, 7) is 0. The van der Waals surface area contributed by atoms with Crippen LogP contribution in [0.3, 0.4) is 0 Å². The first kappa shape index (κ1) is 29.3. The lowest BCUT2D eigenvalue weighted by atomic mass is 10.3. The zero-order chi connectivity index (χ0) is 7.72. The molecule has 0 heterocycles. The van der Waals surface area contributed by atoms with Gasteiger partial charge in [0.1, 0.15) is 0 Å². The van der Waals surface area contributed by atoms with Gasteiger partial charge in [-0.25, -0.2) is 13.2 Å². The molecule has 94 valence electrons. The van der Waals surface area contributed by atoms with Crippen molar-refractivity contribution in [1.82, 2.24) is 0 Å². The molecule has 0 saturated carbocycles. The van der Waals surface area contributed by atoms with Gasteiger partial charge in [0.05, 0.1) is 0 Å². The van der Waals surface area contributed by atoms with Crippen molar-refractivity contribution in [3.8, 4) is 0 Å². The quantitative estimate of drug-likeness (QED) is 0.420. The Hall–Kier alpha value is -0.630. The summed E-state index contributed by atoms with van der Waals surface area (Å²) in [5.74, 6) is -3.92. The Labute approximate surface area is 92.2 Å². The summed E-state index contributed by atoms with van der Waals surface area (Å²) in [4.78, 5) is -0.195. The van der Waals surface area contributed by atoms with Gasteiger partial charge in [0.15, 0.2) is 17.5 Å². The number of halogens is 8. The molecule has 0 bridgehead atoms. The number of benzene rings is 1. The largest absolute Gasteiger partial charge is 0.269 e. The van der Waals surface area contributed by atoms with Gasteiger partial charge in [-0.1, -0.05) is 0 Å². The predicted octanol–water partition coefficient (Wildman–Crippen LogP) is 3.42. The third kappa shape index (κ3) is 6.45. The Morgan fingerprint density at radius 3 is 1.53 bits per heavy atom. The van der Waals surface area contributed by atoms with Gasteiger partial charge < -0.3 is 0 Å². The summed E-state index contributed by atoms with van der Waals surface area (Å²) in [5.41, 5.74) is 0. The first-order valence-electron chi connectivity index (χ1n) is 2.45. The lowest BCUT2D eigenvalue weighted by Gasteiger charge is -1.95. The summed E-state index contributed by atoms with van der Waals surface area (Å²) in [5, 5.41) is 0. The molecule has 15 heavy (non-hydrogen) atoms. The molecular weight excluding hydrogens is 273 g/mol. The molecule has 0 radical (unpaired) electrons.